The van der Waals surface area contributed by atoms with Crippen LogP contribution in [0.2, 0.25) is 0 Å². The molecule has 0 saturated heterocycles. The molecule has 0 atom stereocenters. The molecule has 0 unspecified atom stereocenters. The monoisotopic (exact) mass is 446 g/mol. The quantitative estimate of drug-likeness (QED) is 0.187. The molecule has 0 N–H and O–H groups in total. The van der Waals surface area contributed by atoms with Crippen molar-refractivity contribution in [2.24, 2.45) is 0 Å². The first kappa shape index (κ1) is 33.3. The van der Waals surface area contributed by atoms with Crippen molar-refractivity contribution in [2.75, 3.05) is 0 Å². The topological polar surface area (TPSA) is 80.3 Å². The van der Waals surface area contributed by atoms with Crippen molar-refractivity contribution in [3.63, 3.8) is 0 Å². The molecular formula is C24H46O4Ti. The predicted molar refractivity (Wildman–Crippen MR) is 114 cm³/mol. The minimum absolute atomic E-state index is 0. The minimum atomic E-state index is -0.909. The van der Waals surface area contributed by atoms with Crippen LogP contribution >= 0.6 is 0 Å². The number of hydrogen-bond donors (Lipinski definition) is 0. The Morgan fingerprint density at radius 2 is 0.655 bits per heavy atom. The Bertz CT molecular complexity index is 303. The number of unbranched alkanes of at least 4 members (excludes halogenated alkanes) is 16. The van der Waals surface area contributed by atoms with E-state index in [1.807, 2.05) is 0 Å². The maximum atomic E-state index is 10.1. The summed E-state index contributed by atoms with van der Waals surface area (Å²) in [4.78, 5) is 20.2. The van der Waals surface area contributed by atoms with E-state index in [-0.39, 0.29) is 34.6 Å². The van der Waals surface area contributed by atoms with Gasteiger partial charge in [0.15, 0.2) is 0 Å². The molecule has 0 aliphatic rings. The average molecular weight is 446 g/mol. The van der Waals surface area contributed by atoms with E-state index in [1.54, 1.807) is 0 Å². The summed E-state index contributed by atoms with van der Waals surface area (Å²) < 4.78 is 0. The van der Waals surface area contributed by atoms with Crippen molar-refractivity contribution in [2.45, 2.75) is 142 Å². The Morgan fingerprint density at radius 3 is 0.862 bits per heavy atom. The molecule has 4 nitrogen and oxygen atoms in total. The van der Waals surface area contributed by atoms with Crippen LogP contribution in [0.25, 0.3) is 0 Å². The third kappa shape index (κ3) is 38.8. The minimum Gasteiger partial charge on any atom is -0.550 e. The maximum absolute atomic E-state index is 10.1. The van der Waals surface area contributed by atoms with Crippen molar-refractivity contribution in [3.8, 4) is 0 Å². The van der Waals surface area contributed by atoms with Crippen molar-refractivity contribution in [3.05, 3.63) is 0 Å². The van der Waals surface area contributed by atoms with E-state index in [0.29, 0.717) is 0 Å². The molecule has 29 heavy (non-hydrogen) atoms. The fourth-order valence-electron chi connectivity index (χ4n) is 3.16. The largest absolute Gasteiger partial charge is 2.00 e. The molecule has 170 valence electrons. The molecule has 0 amide bonds. The third-order valence-corrected chi connectivity index (χ3v) is 4.97. The molecule has 0 aromatic carbocycles. The maximum Gasteiger partial charge on any atom is 2.00 e. The summed E-state index contributed by atoms with van der Waals surface area (Å²) in [5, 5.41) is 20.2. The average Bonchev–Trinajstić information content (AvgIpc) is 2.65. The van der Waals surface area contributed by atoms with E-state index in [4.69, 9.17) is 0 Å². The molecule has 0 aromatic rings. The summed E-state index contributed by atoms with van der Waals surface area (Å²) in [5.74, 6) is -1.82. The molecule has 0 heterocycles. The third-order valence-electron chi connectivity index (χ3n) is 4.97. The van der Waals surface area contributed by atoms with Gasteiger partial charge in [0.05, 0.1) is 0 Å². The number of carbonyl (C=O) groups excluding carboxylic acids is 2. The second kappa shape index (κ2) is 29.9. The molecule has 5 heteroatoms. The van der Waals surface area contributed by atoms with Crippen molar-refractivity contribution in [1.82, 2.24) is 0 Å². The number of hydrogen-bond acceptors (Lipinski definition) is 4. The second-order valence-electron chi connectivity index (χ2n) is 7.90. The van der Waals surface area contributed by atoms with E-state index in [9.17, 15) is 19.8 Å². The smallest absolute Gasteiger partial charge is 0.550 e. The molecule has 0 saturated carbocycles. The summed E-state index contributed by atoms with van der Waals surface area (Å²) in [5.41, 5.74) is 0. The first-order chi connectivity index (χ1) is 13.5. The van der Waals surface area contributed by atoms with Gasteiger partial charge in [0, 0.05) is 11.9 Å². The van der Waals surface area contributed by atoms with Crippen LogP contribution in [0, 0.1) is 0 Å². The summed E-state index contributed by atoms with van der Waals surface area (Å²) in [6.07, 6.45) is 22.3. The van der Waals surface area contributed by atoms with Gasteiger partial charge in [-0.15, -0.1) is 0 Å². The summed E-state index contributed by atoms with van der Waals surface area (Å²) in [6.45, 7) is 4.44. The van der Waals surface area contributed by atoms with Gasteiger partial charge in [0.2, 0.25) is 0 Å². The van der Waals surface area contributed by atoms with Gasteiger partial charge in [0.25, 0.3) is 0 Å². The first-order valence-electron chi connectivity index (χ1n) is 11.9. The zero-order chi connectivity index (χ0) is 21.3. The molecule has 0 aliphatic carbocycles. The predicted octanol–water partition coefficient (Wildman–Crippen LogP) is 5.31. The van der Waals surface area contributed by atoms with Gasteiger partial charge in [-0.1, -0.05) is 117 Å². The fourth-order valence-corrected chi connectivity index (χ4v) is 3.16. The van der Waals surface area contributed by atoms with Crippen LogP contribution in [-0.4, -0.2) is 11.9 Å². The Morgan fingerprint density at radius 1 is 0.448 bits per heavy atom. The number of aliphatic carboxylic acids is 2. The van der Waals surface area contributed by atoms with E-state index in [1.165, 1.54) is 89.9 Å². The second-order valence-corrected chi connectivity index (χ2v) is 7.90. The summed E-state index contributed by atoms with van der Waals surface area (Å²) >= 11 is 0. The first-order valence-corrected chi connectivity index (χ1v) is 11.9. The molecule has 0 aliphatic heterocycles. The normalized spacial score (nSPS) is 10.0. The van der Waals surface area contributed by atoms with Gasteiger partial charge in [-0.3, -0.25) is 0 Å². The van der Waals surface area contributed by atoms with Crippen molar-refractivity contribution in [1.29, 1.82) is 0 Å². The van der Waals surface area contributed by atoms with Crippen LogP contribution in [0.5, 0.6) is 0 Å². The van der Waals surface area contributed by atoms with Gasteiger partial charge < -0.3 is 19.8 Å². The van der Waals surface area contributed by atoms with E-state index < -0.39 is 11.9 Å². The molecule has 0 spiro atoms. The van der Waals surface area contributed by atoms with Crippen molar-refractivity contribution < 1.29 is 41.5 Å². The SMILES string of the molecule is CCCCCCCCCCCC(=O)[O-].CCCCCCCCCCCC(=O)[O-].[Ti+2]. The van der Waals surface area contributed by atoms with E-state index in [0.717, 1.165) is 25.7 Å². The number of carboxylic acids is 2. The van der Waals surface area contributed by atoms with E-state index >= 15 is 0 Å². The molecule has 0 radical (unpaired) electrons. The van der Waals surface area contributed by atoms with Crippen LogP contribution in [0.4, 0.5) is 0 Å². The Hall–Kier alpha value is -0.346. The molecule has 0 bridgehead atoms. The van der Waals surface area contributed by atoms with Crippen LogP contribution in [0.15, 0.2) is 0 Å². The molecular weight excluding hydrogens is 400 g/mol. The zero-order valence-corrected chi connectivity index (χ0v) is 20.8. The standard InChI is InChI=1S/2C12H24O2.Ti/c2*1-2-3-4-5-6-7-8-9-10-11-12(13)14;/h2*2-11H2,1H3,(H,13,14);/q;;+2/p-2. The van der Waals surface area contributed by atoms with Crippen LogP contribution in [0.3, 0.4) is 0 Å². The molecule has 0 aromatic heterocycles. The molecule has 0 rings (SSSR count). The van der Waals surface area contributed by atoms with Gasteiger partial charge >= 0.3 is 21.7 Å². The Balaban J connectivity index is -0.000000451. The van der Waals surface area contributed by atoms with Crippen LogP contribution < -0.4 is 10.2 Å². The number of rotatable bonds is 20. The van der Waals surface area contributed by atoms with Gasteiger partial charge in [-0.05, 0) is 25.7 Å². The van der Waals surface area contributed by atoms with Crippen LogP contribution in [0.1, 0.15) is 142 Å². The molecule has 0 fully saturated rings. The fraction of sp³-hybridized carbons (Fsp3) is 0.917. The summed E-state index contributed by atoms with van der Waals surface area (Å²) in [6, 6.07) is 0. The Kier molecular flexibility index (Phi) is 34.3. The van der Waals surface area contributed by atoms with Gasteiger partial charge in [-0.25, -0.2) is 0 Å². The van der Waals surface area contributed by atoms with E-state index in [2.05, 4.69) is 13.8 Å². The number of carbonyl (C=O) groups is 2. The van der Waals surface area contributed by atoms with Gasteiger partial charge in [-0.2, -0.15) is 0 Å². The summed E-state index contributed by atoms with van der Waals surface area (Å²) in [7, 11) is 0. The number of carboxylic acid groups (broad SMARTS) is 2. The Labute approximate surface area is 195 Å². The van der Waals surface area contributed by atoms with Gasteiger partial charge in [0.1, 0.15) is 0 Å². The zero-order valence-electron chi connectivity index (χ0n) is 19.3. The van der Waals surface area contributed by atoms with Crippen molar-refractivity contribution >= 4 is 11.9 Å². The van der Waals surface area contributed by atoms with Crippen LogP contribution in [-0.2, 0) is 31.3 Å².